The number of phenolic OH excluding ortho intramolecular Hbond substituents is 1. The molecule has 36 heavy (non-hydrogen) atoms. The maximum Gasteiger partial charge on any atom is 0.230 e. The minimum atomic E-state index is -1.32. The first kappa shape index (κ1) is 23.0. The number of aromatic hydroxyl groups is 1. The van der Waals surface area contributed by atoms with Gasteiger partial charge in [0.2, 0.25) is 5.91 Å². The molecule has 4 N–H and O–H groups in total. The van der Waals surface area contributed by atoms with E-state index in [4.69, 9.17) is 4.74 Å². The lowest BCUT2D eigenvalue weighted by Crippen LogP contribution is -2.78. The maximum absolute atomic E-state index is 13.9. The Kier molecular flexibility index (Phi) is 4.91. The van der Waals surface area contributed by atoms with Gasteiger partial charge in [0.1, 0.15) is 5.92 Å². The summed E-state index contributed by atoms with van der Waals surface area (Å²) in [5.41, 5.74) is -1.41. The van der Waals surface area contributed by atoms with Crippen molar-refractivity contribution in [2.75, 3.05) is 19.6 Å². The Morgan fingerprint density at radius 3 is 2.67 bits per heavy atom. The van der Waals surface area contributed by atoms with Crippen LogP contribution in [0.15, 0.2) is 12.1 Å². The van der Waals surface area contributed by atoms with Crippen molar-refractivity contribution in [3.05, 3.63) is 23.3 Å². The fraction of sp³-hybridized carbons (Fsp3) is 0.714. The van der Waals surface area contributed by atoms with Gasteiger partial charge in [-0.05, 0) is 69.0 Å². The minimum absolute atomic E-state index is 0.0212. The molecule has 194 valence electrons. The molecule has 4 fully saturated rings. The average Bonchev–Trinajstić information content (AvgIpc) is 3.60. The van der Waals surface area contributed by atoms with E-state index in [1.807, 2.05) is 6.07 Å². The molecular formula is C28H36N2O6. The van der Waals surface area contributed by atoms with Crippen molar-refractivity contribution in [1.29, 1.82) is 0 Å². The number of phenols is 1. The summed E-state index contributed by atoms with van der Waals surface area (Å²) in [6.07, 6.45) is 6.82. The zero-order valence-corrected chi connectivity index (χ0v) is 20.7. The van der Waals surface area contributed by atoms with Gasteiger partial charge in [0.05, 0.1) is 16.6 Å². The van der Waals surface area contributed by atoms with E-state index >= 15 is 0 Å². The number of nitrogens with one attached hydrogen (secondary N) is 1. The Hall–Kier alpha value is -2.16. The predicted octanol–water partition coefficient (Wildman–Crippen LogP) is 1.56. The summed E-state index contributed by atoms with van der Waals surface area (Å²) < 4.78 is 6.20. The molecular weight excluding hydrogens is 460 g/mol. The standard InChI is InChI=1S/C28H36N2O6/c31-19-7-6-17-12-20-28(35)13-18(25(33)29-15-26(34)8-2-1-3-9-26)22(32)24-27(28,21(17)23(19)36-24)10-11-30(20)14-16-4-5-16/h6-7,16,18,20,24,31,34-35H,1-5,8-15H2,(H,29,33)/t18?,20-,24+,27+,28-/m1/s1. The van der Waals surface area contributed by atoms with E-state index in [2.05, 4.69) is 10.2 Å². The van der Waals surface area contributed by atoms with Crippen LogP contribution in [0.3, 0.4) is 0 Å². The number of ketones is 1. The van der Waals surface area contributed by atoms with Gasteiger partial charge in [0.25, 0.3) is 0 Å². The number of piperidine rings is 1. The lowest BCUT2D eigenvalue weighted by molar-refractivity contribution is -0.198. The number of hydrogen-bond acceptors (Lipinski definition) is 7. The van der Waals surface area contributed by atoms with Gasteiger partial charge in [-0.3, -0.25) is 14.5 Å². The highest BCUT2D eigenvalue weighted by atomic mass is 16.5. The summed E-state index contributed by atoms with van der Waals surface area (Å²) >= 11 is 0. The molecule has 1 aromatic rings. The van der Waals surface area contributed by atoms with Gasteiger partial charge < -0.3 is 25.4 Å². The van der Waals surface area contributed by atoms with Crippen molar-refractivity contribution in [3.63, 3.8) is 0 Å². The molecule has 1 saturated heterocycles. The molecule has 0 radical (unpaired) electrons. The quantitative estimate of drug-likeness (QED) is 0.457. The number of carbonyl (C=O) groups excluding carboxylic acids is 2. The van der Waals surface area contributed by atoms with E-state index in [0.29, 0.717) is 37.4 Å². The summed E-state index contributed by atoms with van der Waals surface area (Å²) in [5.74, 6) is -0.894. The second-order valence-electron chi connectivity index (χ2n) is 12.4. The summed E-state index contributed by atoms with van der Waals surface area (Å²) in [6, 6.07) is 3.31. The third-order valence-electron chi connectivity index (χ3n) is 10.3. The number of ether oxygens (including phenoxy) is 1. The predicted molar refractivity (Wildman–Crippen MR) is 130 cm³/mol. The normalized spacial score (nSPS) is 38.3. The van der Waals surface area contributed by atoms with Gasteiger partial charge >= 0.3 is 0 Å². The van der Waals surface area contributed by atoms with E-state index in [-0.39, 0.29) is 30.5 Å². The van der Waals surface area contributed by atoms with Crippen LogP contribution in [0.4, 0.5) is 0 Å². The molecule has 3 saturated carbocycles. The molecule has 1 unspecified atom stereocenters. The van der Waals surface area contributed by atoms with Crippen molar-refractivity contribution in [2.24, 2.45) is 11.8 Å². The molecule has 7 rings (SSSR count). The van der Waals surface area contributed by atoms with Gasteiger partial charge in [0.15, 0.2) is 23.4 Å². The van der Waals surface area contributed by atoms with E-state index < -0.39 is 34.5 Å². The smallest absolute Gasteiger partial charge is 0.230 e. The number of Topliss-reactive ketones (excluding diaryl/α,β-unsaturated/α-hetero) is 1. The van der Waals surface area contributed by atoms with E-state index in [9.17, 15) is 24.9 Å². The number of carbonyl (C=O) groups is 2. The van der Waals surface area contributed by atoms with Crippen LogP contribution in [-0.4, -0.2) is 74.9 Å². The maximum atomic E-state index is 13.9. The van der Waals surface area contributed by atoms with Crippen molar-refractivity contribution in [1.82, 2.24) is 10.2 Å². The molecule has 2 aliphatic heterocycles. The molecule has 6 aliphatic rings. The first-order chi connectivity index (χ1) is 17.3. The summed E-state index contributed by atoms with van der Waals surface area (Å²) in [5, 5.41) is 37.0. The SMILES string of the molecule is O=C(NCC1(O)CCCCC1)C1C[C@@]2(O)[C@H]3Cc4ccc(O)c5c4[C@@]2(CCN3CC2CC2)[C@@H](O5)C1=O. The first-order valence-corrected chi connectivity index (χ1v) is 13.8. The fourth-order valence-corrected chi connectivity index (χ4v) is 8.29. The van der Waals surface area contributed by atoms with Crippen LogP contribution >= 0.6 is 0 Å². The molecule has 2 bridgehead atoms. The van der Waals surface area contributed by atoms with E-state index in [1.165, 1.54) is 12.8 Å². The Balaban J connectivity index is 1.25. The molecule has 0 aromatic heterocycles. The van der Waals surface area contributed by atoms with E-state index in [1.54, 1.807) is 6.07 Å². The Labute approximate surface area is 211 Å². The van der Waals surface area contributed by atoms with Crippen molar-refractivity contribution < 1.29 is 29.6 Å². The van der Waals surface area contributed by atoms with Crippen LogP contribution in [0.2, 0.25) is 0 Å². The number of benzene rings is 1. The highest BCUT2D eigenvalue weighted by molar-refractivity contribution is 6.06. The van der Waals surface area contributed by atoms with Crippen LogP contribution in [0.5, 0.6) is 11.5 Å². The molecule has 1 spiro atoms. The lowest BCUT2D eigenvalue weighted by Gasteiger charge is -2.63. The fourth-order valence-electron chi connectivity index (χ4n) is 8.29. The molecule has 2 heterocycles. The average molecular weight is 497 g/mol. The molecule has 4 aliphatic carbocycles. The monoisotopic (exact) mass is 496 g/mol. The molecule has 1 aromatic carbocycles. The summed E-state index contributed by atoms with van der Waals surface area (Å²) in [7, 11) is 0. The molecule has 8 heteroatoms. The third-order valence-corrected chi connectivity index (χ3v) is 10.3. The highest BCUT2D eigenvalue weighted by Gasteiger charge is 2.75. The van der Waals surface area contributed by atoms with Crippen molar-refractivity contribution >= 4 is 11.7 Å². The number of nitrogens with zero attached hydrogens (tertiary/aromatic N) is 1. The first-order valence-electron chi connectivity index (χ1n) is 13.8. The number of amides is 1. The number of likely N-dealkylation sites (tertiary alicyclic amines) is 1. The summed E-state index contributed by atoms with van der Waals surface area (Å²) in [6.45, 7) is 1.80. The number of hydrogen-bond donors (Lipinski definition) is 4. The van der Waals surface area contributed by atoms with Crippen LogP contribution in [0, 0.1) is 11.8 Å². The van der Waals surface area contributed by atoms with Gasteiger partial charge in [-0.1, -0.05) is 25.3 Å². The van der Waals surface area contributed by atoms with Gasteiger partial charge in [-0.15, -0.1) is 0 Å². The second kappa shape index (κ2) is 7.68. The number of aliphatic hydroxyl groups is 2. The van der Waals surface area contributed by atoms with Gasteiger partial charge in [0, 0.05) is 24.7 Å². The van der Waals surface area contributed by atoms with Crippen LogP contribution in [-0.2, 0) is 21.4 Å². The topological polar surface area (TPSA) is 119 Å². The Bertz CT molecular complexity index is 1130. The zero-order valence-electron chi connectivity index (χ0n) is 20.7. The Morgan fingerprint density at radius 1 is 1.14 bits per heavy atom. The van der Waals surface area contributed by atoms with Crippen molar-refractivity contribution in [3.8, 4) is 11.5 Å². The van der Waals surface area contributed by atoms with E-state index in [0.717, 1.165) is 43.5 Å². The summed E-state index contributed by atoms with van der Waals surface area (Å²) in [4.78, 5) is 29.7. The Morgan fingerprint density at radius 2 is 1.92 bits per heavy atom. The third kappa shape index (κ3) is 3.04. The highest BCUT2D eigenvalue weighted by Crippen LogP contribution is 2.65. The van der Waals surface area contributed by atoms with Crippen molar-refractivity contribution in [2.45, 2.75) is 93.0 Å². The van der Waals surface area contributed by atoms with Crippen LogP contribution in [0.1, 0.15) is 68.9 Å². The largest absolute Gasteiger partial charge is 0.504 e. The minimum Gasteiger partial charge on any atom is -0.504 e. The molecule has 1 amide bonds. The van der Waals surface area contributed by atoms with Gasteiger partial charge in [-0.25, -0.2) is 0 Å². The van der Waals surface area contributed by atoms with Crippen LogP contribution < -0.4 is 10.1 Å². The number of rotatable bonds is 5. The second-order valence-corrected chi connectivity index (χ2v) is 12.4. The molecule has 8 nitrogen and oxygen atoms in total. The van der Waals surface area contributed by atoms with Crippen LogP contribution in [0.25, 0.3) is 0 Å². The lowest BCUT2D eigenvalue weighted by atomic mass is 9.47. The van der Waals surface area contributed by atoms with Gasteiger partial charge in [-0.2, -0.15) is 0 Å². The zero-order chi connectivity index (χ0) is 24.9. The molecule has 5 atom stereocenters.